The van der Waals surface area contributed by atoms with Crippen LogP contribution in [0.2, 0.25) is 0 Å². The third-order valence-electron chi connectivity index (χ3n) is 4.44. The first-order valence-corrected chi connectivity index (χ1v) is 8.33. The van der Waals surface area contributed by atoms with Gasteiger partial charge in [0.25, 0.3) is 5.56 Å². The van der Waals surface area contributed by atoms with E-state index >= 15 is 0 Å². The van der Waals surface area contributed by atoms with Crippen molar-refractivity contribution in [3.05, 3.63) is 75.1 Å². The van der Waals surface area contributed by atoms with Gasteiger partial charge in [-0.2, -0.15) is 0 Å². The van der Waals surface area contributed by atoms with Crippen molar-refractivity contribution >= 4 is 22.5 Å². The number of carbonyl (C=O) groups excluding carboxylic acids is 1. The summed E-state index contributed by atoms with van der Waals surface area (Å²) in [4.78, 5) is 29.3. The molecule has 3 rings (SSSR count). The van der Waals surface area contributed by atoms with Crippen LogP contribution in [0.15, 0.2) is 47.3 Å². The van der Waals surface area contributed by atoms with Crippen LogP contribution in [-0.4, -0.2) is 10.9 Å². The number of amides is 1. The van der Waals surface area contributed by atoms with Gasteiger partial charge in [0.1, 0.15) is 0 Å². The van der Waals surface area contributed by atoms with E-state index in [1.807, 2.05) is 63.2 Å². The lowest BCUT2D eigenvalue weighted by Gasteiger charge is -2.23. The number of aryl methyl sites for hydroxylation is 3. The van der Waals surface area contributed by atoms with Crippen molar-refractivity contribution in [3.63, 3.8) is 0 Å². The number of H-pyrrole nitrogens is 1. The first kappa shape index (κ1) is 17.0. The highest BCUT2D eigenvalue weighted by Crippen LogP contribution is 2.24. The van der Waals surface area contributed by atoms with E-state index in [1.54, 1.807) is 4.90 Å². The summed E-state index contributed by atoms with van der Waals surface area (Å²) in [5, 5.41) is 0.963. The Hall–Kier alpha value is -2.88. The van der Waals surface area contributed by atoms with E-state index in [1.165, 1.54) is 6.92 Å². The highest BCUT2D eigenvalue weighted by Gasteiger charge is 2.16. The van der Waals surface area contributed by atoms with Crippen LogP contribution >= 0.6 is 0 Å². The largest absolute Gasteiger partial charge is 0.322 e. The molecule has 25 heavy (non-hydrogen) atoms. The molecule has 0 aliphatic rings. The highest BCUT2D eigenvalue weighted by atomic mass is 16.2. The number of hydrogen-bond acceptors (Lipinski definition) is 2. The third-order valence-corrected chi connectivity index (χ3v) is 4.44. The number of nitrogens with zero attached hydrogens (tertiary/aromatic N) is 1. The van der Waals surface area contributed by atoms with Crippen molar-refractivity contribution in [2.24, 2.45) is 0 Å². The normalized spacial score (nSPS) is 10.9. The minimum Gasteiger partial charge on any atom is -0.322 e. The maximum atomic E-state index is 12.5. The van der Waals surface area contributed by atoms with Gasteiger partial charge in [0.15, 0.2) is 0 Å². The molecule has 0 saturated heterocycles. The molecule has 4 heteroatoms. The molecule has 3 aromatic rings. The minimum absolute atomic E-state index is 0.0860. The van der Waals surface area contributed by atoms with Gasteiger partial charge in [-0.3, -0.25) is 9.59 Å². The number of anilines is 1. The monoisotopic (exact) mass is 334 g/mol. The molecule has 4 nitrogen and oxygen atoms in total. The predicted octanol–water partition coefficient (Wildman–Crippen LogP) is 4.01. The molecule has 2 aromatic carbocycles. The molecule has 0 aliphatic heterocycles. The topological polar surface area (TPSA) is 53.2 Å². The number of nitrogens with one attached hydrogen (secondary N) is 1. The number of rotatable bonds is 3. The van der Waals surface area contributed by atoms with E-state index in [0.29, 0.717) is 5.56 Å². The molecular formula is C21H22N2O2. The van der Waals surface area contributed by atoms with E-state index in [4.69, 9.17) is 0 Å². The van der Waals surface area contributed by atoms with Crippen molar-refractivity contribution in [1.82, 2.24) is 4.98 Å². The van der Waals surface area contributed by atoms with Gasteiger partial charge in [-0.25, -0.2) is 0 Å². The number of fused-ring (bicyclic) bond motifs is 1. The number of benzene rings is 2. The highest BCUT2D eigenvalue weighted by molar-refractivity contribution is 5.92. The van der Waals surface area contributed by atoms with E-state index in [9.17, 15) is 9.59 Å². The Kier molecular flexibility index (Phi) is 4.45. The molecule has 0 atom stereocenters. The maximum Gasteiger partial charge on any atom is 0.253 e. The Morgan fingerprint density at radius 3 is 2.40 bits per heavy atom. The summed E-state index contributed by atoms with van der Waals surface area (Å²) in [6.07, 6.45) is 0. The number of pyridine rings is 1. The lowest BCUT2D eigenvalue weighted by atomic mass is 10.1. The Labute approximate surface area is 147 Å². The molecular weight excluding hydrogens is 312 g/mol. The molecule has 0 saturated carbocycles. The first-order valence-electron chi connectivity index (χ1n) is 8.33. The molecule has 0 spiro atoms. The summed E-state index contributed by atoms with van der Waals surface area (Å²) in [5.41, 5.74) is 5.26. The lowest BCUT2D eigenvalue weighted by molar-refractivity contribution is -0.116. The van der Waals surface area contributed by atoms with Crippen LogP contribution in [0, 0.1) is 20.8 Å². The van der Waals surface area contributed by atoms with Crippen LogP contribution in [0.4, 0.5) is 5.69 Å². The predicted molar refractivity (Wildman–Crippen MR) is 102 cm³/mol. The first-order chi connectivity index (χ1) is 11.8. The second kappa shape index (κ2) is 6.55. The Bertz CT molecular complexity index is 1020. The molecule has 1 aromatic heterocycles. The fourth-order valence-electron chi connectivity index (χ4n) is 3.02. The van der Waals surface area contributed by atoms with Gasteiger partial charge in [-0.1, -0.05) is 24.3 Å². The molecule has 1 N–H and O–H groups in total. The fraction of sp³-hybridized carbons (Fsp3) is 0.238. The van der Waals surface area contributed by atoms with Gasteiger partial charge in [0.05, 0.1) is 6.54 Å². The molecule has 0 fully saturated rings. The Morgan fingerprint density at radius 2 is 1.68 bits per heavy atom. The van der Waals surface area contributed by atoms with Crippen LogP contribution in [-0.2, 0) is 11.3 Å². The molecule has 0 bridgehead atoms. The van der Waals surface area contributed by atoms with Gasteiger partial charge in [0.2, 0.25) is 5.91 Å². The van der Waals surface area contributed by atoms with E-state index in [0.717, 1.165) is 33.3 Å². The van der Waals surface area contributed by atoms with Crippen molar-refractivity contribution < 1.29 is 4.79 Å². The summed E-state index contributed by atoms with van der Waals surface area (Å²) < 4.78 is 0. The smallest absolute Gasteiger partial charge is 0.253 e. The van der Waals surface area contributed by atoms with Crippen LogP contribution in [0.3, 0.4) is 0 Å². The summed E-state index contributed by atoms with van der Waals surface area (Å²) in [5.74, 6) is -0.0860. The standard InChI is InChI=1S/C21H22N2O2/c1-13-6-8-17-11-18(21(25)22-19(17)9-13)12-23(16(4)24)20-10-14(2)5-7-15(20)3/h5-11H,12H2,1-4H3,(H,22,25). The van der Waals surface area contributed by atoms with Crippen LogP contribution in [0.25, 0.3) is 10.9 Å². The zero-order valence-electron chi connectivity index (χ0n) is 15.0. The average Bonchev–Trinajstić information content (AvgIpc) is 2.55. The van der Waals surface area contributed by atoms with E-state index < -0.39 is 0 Å². The molecule has 1 amide bonds. The zero-order valence-corrected chi connectivity index (χ0v) is 15.0. The van der Waals surface area contributed by atoms with Crippen LogP contribution < -0.4 is 10.5 Å². The van der Waals surface area contributed by atoms with Gasteiger partial charge in [-0.05, 0) is 61.0 Å². The summed E-state index contributed by atoms with van der Waals surface area (Å²) in [7, 11) is 0. The number of hydrogen-bond donors (Lipinski definition) is 1. The number of carbonyl (C=O) groups is 1. The molecule has 1 heterocycles. The summed E-state index contributed by atoms with van der Waals surface area (Å²) in [6, 6.07) is 13.8. The van der Waals surface area contributed by atoms with Crippen molar-refractivity contribution in [3.8, 4) is 0 Å². The van der Waals surface area contributed by atoms with Gasteiger partial charge >= 0.3 is 0 Å². The summed E-state index contributed by atoms with van der Waals surface area (Å²) in [6.45, 7) is 7.73. The second-order valence-electron chi connectivity index (χ2n) is 6.61. The molecule has 0 radical (unpaired) electrons. The van der Waals surface area contributed by atoms with Gasteiger partial charge < -0.3 is 9.88 Å². The molecule has 128 valence electrons. The lowest BCUT2D eigenvalue weighted by Crippen LogP contribution is -2.31. The third kappa shape index (κ3) is 3.48. The van der Waals surface area contributed by atoms with E-state index in [-0.39, 0.29) is 18.0 Å². The SMILES string of the molecule is CC(=O)N(Cc1cc2ccc(C)cc2[nH]c1=O)c1cc(C)ccc1C. The van der Waals surface area contributed by atoms with Crippen LogP contribution in [0.1, 0.15) is 29.2 Å². The molecule has 0 aliphatic carbocycles. The Morgan fingerprint density at radius 1 is 1.00 bits per heavy atom. The fourth-order valence-corrected chi connectivity index (χ4v) is 3.02. The average molecular weight is 334 g/mol. The van der Waals surface area contributed by atoms with Crippen LogP contribution in [0.5, 0.6) is 0 Å². The maximum absolute atomic E-state index is 12.5. The number of aromatic nitrogens is 1. The van der Waals surface area contributed by atoms with Gasteiger partial charge in [0, 0.05) is 23.7 Å². The van der Waals surface area contributed by atoms with E-state index in [2.05, 4.69) is 4.98 Å². The second-order valence-corrected chi connectivity index (χ2v) is 6.61. The summed E-state index contributed by atoms with van der Waals surface area (Å²) >= 11 is 0. The zero-order chi connectivity index (χ0) is 18.1. The van der Waals surface area contributed by atoms with Gasteiger partial charge in [-0.15, -0.1) is 0 Å². The van der Waals surface area contributed by atoms with Crippen molar-refractivity contribution in [2.75, 3.05) is 4.90 Å². The van der Waals surface area contributed by atoms with Crippen molar-refractivity contribution in [1.29, 1.82) is 0 Å². The molecule has 0 unspecified atom stereocenters. The van der Waals surface area contributed by atoms with Crippen molar-refractivity contribution in [2.45, 2.75) is 34.2 Å². The minimum atomic E-state index is -0.158. The quantitative estimate of drug-likeness (QED) is 0.787. The number of aromatic amines is 1. The Balaban J connectivity index is 2.06.